The van der Waals surface area contributed by atoms with Gasteiger partial charge < -0.3 is 20.1 Å². The molecule has 208 valence electrons. The molecule has 0 radical (unpaired) electrons. The molecule has 11 nitrogen and oxygen atoms in total. The molecule has 3 atom stereocenters. The van der Waals surface area contributed by atoms with E-state index in [1.807, 2.05) is 0 Å². The Hall–Kier alpha value is -4.24. The van der Waals surface area contributed by atoms with Crippen molar-refractivity contribution in [1.82, 2.24) is 9.88 Å². The Kier molecular flexibility index (Phi) is 7.10. The number of halogens is 3. The fraction of sp³-hybridized carbons (Fsp3) is 0.269. The molecule has 2 aromatic rings. The number of anilines is 1. The van der Waals surface area contributed by atoms with Gasteiger partial charge in [0.05, 0.1) is 36.7 Å². The molecule has 5 rings (SSSR count). The first-order chi connectivity index (χ1) is 19.0. The van der Waals surface area contributed by atoms with E-state index in [4.69, 9.17) is 15.6 Å². The molecule has 1 unspecified atom stereocenters. The van der Waals surface area contributed by atoms with Crippen LogP contribution in [0.25, 0.3) is 0 Å². The van der Waals surface area contributed by atoms with Crippen LogP contribution in [0, 0.1) is 0 Å². The van der Waals surface area contributed by atoms with Crippen LogP contribution >= 0.6 is 0 Å². The van der Waals surface area contributed by atoms with E-state index < -0.39 is 35.8 Å². The fourth-order valence-electron chi connectivity index (χ4n) is 4.56. The summed E-state index contributed by atoms with van der Waals surface area (Å²) in [5, 5.41) is 12.1. The zero-order chi connectivity index (χ0) is 28.7. The number of aliphatic hydroxyl groups is 1. The lowest BCUT2D eigenvalue weighted by Gasteiger charge is -2.33. The van der Waals surface area contributed by atoms with E-state index in [0.29, 0.717) is 29.3 Å². The van der Waals surface area contributed by atoms with Gasteiger partial charge in [-0.3, -0.25) is 14.6 Å². The lowest BCUT2D eigenvalue weighted by atomic mass is 10.1. The third-order valence-corrected chi connectivity index (χ3v) is 6.60. The molecule has 14 heteroatoms. The lowest BCUT2D eigenvalue weighted by molar-refractivity contribution is -0.750. The normalized spacial score (nSPS) is 23.1. The van der Waals surface area contributed by atoms with Crippen molar-refractivity contribution in [3.8, 4) is 0 Å². The number of allylic oxidation sites excluding steroid dienone is 1. The summed E-state index contributed by atoms with van der Waals surface area (Å²) >= 11 is 0. The second kappa shape index (κ2) is 10.4. The van der Waals surface area contributed by atoms with Crippen molar-refractivity contribution in [3.63, 3.8) is 0 Å². The molecule has 1 saturated heterocycles. The van der Waals surface area contributed by atoms with Crippen molar-refractivity contribution in [1.29, 1.82) is 0 Å². The highest BCUT2D eigenvalue weighted by molar-refractivity contribution is 6.05. The number of morpholine rings is 1. The number of ether oxygens (including phenoxy) is 1. The number of alkyl halides is 3. The second-order valence-electron chi connectivity index (χ2n) is 9.34. The van der Waals surface area contributed by atoms with Gasteiger partial charge in [-0.1, -0.05) is 0 Å². The summed E-state index contributed by atoms with van der Waals surface area (Å²) < 4.78 is 44.5. The molecule has 1 aromatic heterocycles. The fourth-order valence-corrected chi connectivity index (χ4v) is 4.56. The molecule has 3 aliphatic heterocycles. The van der Waals surface area contributed by atoms with Crippen LogP contribution in [0.2, 0.25) is 0 Å². The minimum Gasteiger partial charge on any atom is -0.384 e. The predicted octanol–water partition coefficient (Wildman–Crippen LogP) is 2.18. The number of hydrogen-bond donors (Lipinski definition) is 3. The number of pyridine rings is 1. The van der Waals surface area contributed by atoms with Crippen LogP contribution < -0.4 is 11.2 Å². The highest BCUT2D eigenvalue weighted by Gasteiger charge is 2.47. The standard InChI is InChI=1S/C26H24F3N7O4/c1-15(37)25(39)35-9-11-40-20(14-35)22-19-13-31-8-10-36(19,30)23(34-22)16-2-4-17(5-3-16)24(38)33-21-12-18(6-7-32-21)26(27,28)29/h2-8,10,12-13,15,20,37H,9,11,14,30H2,1H3/p+1/t15-,20+,36?/m0/s1. The largest absolute Gasteiger partial charge is 0.416 e. The number of fused-ring (bicyclic) bond motifs is 1. The minimum absolute atomic E-state index is 0.166. The number of amides is 2. The van der Waals surface area contributed by atoms with Crippen molar-refractivity contribution in [2.75, 3.05) is 25.0 Å². The van der Waals surface area contributed by atoms with Crippen molar-refractivity contribution in [2.45, 2.75) is 25.3 Å². The maximum Gasteiger partial charge on any atom is 0.416 e. The predicted molar refractivity (Wildman–Crippen MR) is 137 cm³/mol. The molecule has 0 aliphatic carbocycles. The van der Waals surface area contributed by atoms with Gasteiger partial charge in [-0.2, -0.15) is 24.0 Å². The average molecular weight is 557 g/mol. The van der Waals surface area contributed by atoms with Crippen LogP contribution in [-0.4, -0.2) is 75.4 Å². The Morgan fingerprint density at radius 1 is 1.25 bits per heavy atom. The van der Waals surface area contributed by atoms with Gasteiger partial charge in [0.15, 0.2) is 0 Å². The summed E-state index contributed by atoms with van der Waals surface area (Å²) in [6.45, 7) is 2.14. The first-order valence-electron chi connectivity index (χ1n) is 12.2. The Morgan fingerprint density at radius 3 is 2.70 bits per heavy atom. The summed E-state index contributed by atoms with van der Waals surface area (Å²) in [7, 11) is 0. The van der Waals surface area contributed by atoms with E-state index in [2.05, 4.69) is 15.3 Å². The number of carbonyl (C=O) groups excluding carboxylic acids is 2. The summed E-state index contributed by atoms with van der Waals surface area (Å²) in [4.78, 5) is 39.3. The molecule has 2 amide bonds. The van der Waals surface area contributed by atoms with Crippen molar-refractivity contribution in [2.24, 2.45) is 15.8 Å². The van der Waals surface area contributed by atoms with Crippen LogP contribution in [-0.2, 0) is 15.7 Å². The molecular formula is C26H25F3N7O4+. The zero-order valence-electron chi connectivity index (χ0n) is 21.2. The van der Waals surface area contributed by atoms with Crippen LogP contribution in [0.15, 0.2) is 76.4 Å². The number of amidine groups is 1. The Labute approximate surface area is 226 Å². The highest BCUT2D eigenvalue weighted by atomic mass is 19.4. The SMILES string of the molecule is C[C@H](O)C(=O)N1CCO[C@@H](C2=C3C=NC=C[N+]3(N)C(c3ccc(C(=O)Nc4cc(C(F)(F)F)ccn4)cc3)=N2)C1. The monoisotopic (exact) mass is 556 g/mol. The topological polar surface area (TPSA) is 142 Å². The summed E-state index contributed by atoms with van der Waals surface area (Å²) in [5.41, 5.74) is 0.827. The number of quaternary nitrogens is 1. The quantitative estimate of drug-likeness (QED) is 0.381. The maximum atomic E-state index is 13.0. The van der Waals surface area contributed by atoms with E-state index in [0.717, 1.165) is 18.3 Å². The number of aromatic nitrogens is 1. The third-order valence-electron chi connectivity index (χ3n) is 6.60. The first-order valence-corrected chi connectivity index (χ1v) is 12.2. The molecule has 0 spiro atoms. The molecule has 4 heterocycles. The van der Waals surface area contributed by atoms with E-state index in [1.54, 1.807) is 24.5 Å². The van der Waals surface area contributed by atoms with Gasteiger partial charge in [0.2, 0.25) is 5.70 Å². The summed E-state index contributed by atoms with van der Waals surface area (Å²) in [5.74, 6) is 5.85. The summed E-state index contributed by atoms with van der Waals surface area (Å²) in [6.07, 6.45) is -0.652. The van der Waals surface area contributed by atoms with E-state index in [9.17, 15) is 27.9 Å². The van der Waals surface area contributed by atoms with Gasteiger partial charge in [0, 0.05) is 18.3 Å². The van der Waals surface area contributed by atoms with Gasteiger partial charge >= 0.3 is 6.18 Å². The van der Waals surface area contributed by atoms with Crippen molar-refractivity contribution >= 4 is 29.7 Å². The third kappa shape index (κ3) is 5.16. The van der Waals surface area contributed by atoms with Gasteiger partial charge in [-0.25, -0.2) is 4.98 Å². The molecule has 0 bridgehead atoms. The molecule has 1 aromatic carbocycles. The minimum atomic E-state index is -4.57. The van der Waals surface area contributed by atoms with Gasteiger partial charge in [-0.15, -0.1) is 4.59 Å². The maximum absolute atomic E-state index is 13.0. The van der Waals surface area contributed by atoms with Crippen LogP contribution in [0.1, 0.15) is 28.4 Å². The van der Waals surface area contributed by atoms with Gasteiger partial charge in [-0.05, 0) is 43.3 Å². The van der Waals surface area contributed by atoms with Gasteiger partial charge in [0.1, 0.15) is 29.9 Å². The van der Waals surface area contributed by atoms with E-state index in [1.165, 1.54) is 30.2 Å². The molecular weight excluding hydrogens is 531 g/mol. The molecule has 40 heavy (non-hydrogen) atoms. The number of nitrogens with two attached hydrogens (primary N) is 1. The zero-order valence-corrected chi connectivity index (χ0v) is 21.2. The highest BCUT2D eigenvalue weighted by Crippen LogP contribution is 2.34. The number of benzene rings is 1. The number of hydrogen-bond acceptors (Lipinski definition) is 8. The number of nitrogens with one attached hydrogen (secondary N) is 1. The Bertz CT molecular complexity index is 1470. The van der Waals surface area contributed by atoms with Crippen molar-refractivity contribution in [3.05, 3.63) is 83.1 Å². The van der Waals surface area contributed by atoms with Crippen LogP contribution in [0.3, 0.4) is 0 Å². The number of aliphatic imine (C=N–C) groups is 2. The Morgan fingerprint density at radius 2 is 2.00 bits per heavy atom. The molecule has 1 fully saturated rings. The van der Waals surface area contributed by atoms with Crippen LogP contribution in [0.5, 0.6) is 0 Å². The Balaban J connectivity index is 1.38. The second-order valence-corrected chi connectivity index (χ2v) is 9.34. The number of aliphatic hydroxyl groups excluding tert-OH is 1. The number of rotatable bonds is 5. The smallest absolute Gasteiger partial charge is 0.384 e. The lowest BCUT2D eigenvalue weighted by Crippen LogP contribution is -2.53. The van der Waals surface area contributed by atoms with Crippen LogP contribution in [0.4, 0.5) is 19.0 Å². The van der Waals surface area contributed by atoms with Gasteiger partial charge in [0.25, 0.3) is 17.6 Å². The number of carbonyl (C=O) groups is 2. The summed E-state index contributed by atoms with van der Waals surface area (Å²) in [6, 6.07) is 7.79. The molecule has 3 aliphatic rings. The average Bonchev–Trinajstić information content (AvgIpc) is 3.25. The first kappa shape index (κ1) is 27.3. The number of nitrogens with zero attached hydrogens (tertiary/aromatic N) is 5. The van der Waals surface area contributed by atoms with E-state index >= 15 is 0 Å². The molecule has 4 N–H and O–H groups in total. The molecule has 0 saturated carbocycles. The van der Waals surface area contributed by atoms with E-state index in [-0.39, 0.29) is 29.1 Å². The van der Waals surface area contributed by atoms with Crippen molar-refractivity contribution < 1.29 is 37.2 Å².